The second kappa shape index (κ2) is 9.76. The molecule has 0 N–H and O–H groups in total. The van der Waals surface area contributed by atoms with Crippen LogP contribution in [0, 0.1) is 6.92 Å². The number of methoxy groups -OCH3 is 2. The molecular weight excluding hydrogens is 442 g/mol. The van der Waals surface area contributed by atoms with Crippen molar-refractivity contribution in [2.24, 2.45) is 0 Å². The molecule has 5 rings (SSSR count). The van der Waals surface area contributed by atoms with Crippen molar-refractivity contribution >= 4 is 17.2 Å². The number of amides is 1. The zero-order valence-electron chi connectivity index (χ0n) is 20.3. The van der Waals surface area contributed by atoms with Gasteiger partial charge in [0.15, 0.2) is 5.65 Å². The molecule has 2 aromatic carbocycles. The third-order valence-corrected chi connectivity index (χ3v) is 6.50. The molecule has 1 fully saturated rings. The van der Waals surface area contributed by atoms with Crippen LogP contribution in [0.3, 0.4) is 0 Å². The fourth-order valence-electron chi connectivity index (χ4n) is 4.66. The Morgan fingerprint density at radius 3 is 2.34 bits per heavy atom. The van der Waals surface area contributed by atoms with Crippen molar-refractivity contribution in [3.05, 3.63) is 77.7 Å². The lowest BCUT2D eigenvalue weighted by Gasteiger charge is -2.36. The number of nitrogens with zero attached hydrogens (tertiary/aromatic N) is 5. The van der Waals surface area contributed by atoms with E-state index in [1.54, 1.807) is 24.9 Å². The van der Waals surface area contributed by atoms with Crippen molar-refractivity contribution in [2.75, 3.05) is 45.3 Å². The van der Waals surface area contributed by atoms with Crippen LogP contribution in [-0.2, 0) is 11.3 Å². The van der Waals surface area contributed by atoms with Gasteiger partial charge in [0, 0.05) is 50.7 Å². The second-order valence-corrected chi connectivity index (χ2v) is 8.59. The lowest BCUT2D eigenvalue weighted by atomic mass is 10.1. The van der Waals surface area contributed by atoms with Gasteiger partial charge >= 0.3 is 0 Å². The first-order valence-electron chi connectivity index (χ1n) is 11.7. The summed E-state index contributed by atoms with van der Waals surface area (Å²) in [4.78, 5) is 22.4. The first-order valence-corrected chi connectivity index (χ1v) is 11.7. The van der Waals surface area contributed by atoms with Gasteiger partial charge < -0.3 is 19.3 Å². The molecule has 0 bridgehead atoms. The average Bonchev–Trinajstić information content (AvgIpc) is 3.25. The number of hydrogen-bond acceptors (Lipinski definition) is 6. The molecule has 0 aliphatic carbocycles. The summed E-state index contributed by atoms with van der Waals surface area (Å²) < 4.78 is 12.5. The first-order chi connectivity index (χ1) is 17.1. The number of carbonyl (C=O) groups excluding carboxylic acids is 1. The largest absolute Gasteiger partial charge is 0.497 e. The molecule has 0 radical (unpaired) electrons. The molecule has 35 heavy (non-hydrogen) atoms. The molecule has 1 aliphatic heterocycles. The van der Waals surface area contributed by atoms with Gasteiger partial charge in [0.05, 0.1) is 30.7 Å². The molecule has 180 valence electrons. The van der Waals surface area contributed by atoms with Crippen LogP contribution >= 0.6 is 0 Å². The quantitative estimate of drug-likeness (QED) is 0.426. The number of benzene rings is 2. The molecule has 1 aliphatic rings. The maximum Gasteiger partial charge on any atom is 0.257 e. The molecule has 0 unspecified atom stereocenters. The number of hydrogen-bond donors (Lipinski definition) is 0. The zero-order chi connectivity index (χ0) is 24.4. The molecule has 8 heteroatoms. The van der Waals surface area contributed by atoms with Gasteiger partial charge in [0.25, 0.3) is 5.91 Å². The van der Waals surface area contributed by atoms with E-state index in [-0.39, 0.29) is 12.5 Å². The highest BCUT2D eigenvalue weighted by molar-refractivity contribution is 5.96. The molecule has 8 nitrogen and oxygen atoms in total. The number of carbonyl (C=O) groups is 1. The van der Waals surface area contributed by atoms with Crippen LogP contribution in [0.5, 0.6) is 5.75 Å². The van der Waals surface area contributed by atoms with E-state index in [2.05, 4.69) is 17.0 Å². The monoisotopic (exact) mass is 471 g/mol. The third-order valence-electron chi connectivity index (χ3n) is 6.50. The zero-order valence-corrected chi connectivity index (χ0v) is 20.3. The maximum atomic E-state index is 13.6. The fraction of sp³-hybridized carbons (Fsp3) is 0.296. The Hall–Kier alpha value is -3.91. The summed E-state index contributed by atoms with van der Waals surface area (Å²) in [6.07, 6.45) is 1.68. The normalized spacial score (nSPS) is 13.9. The summed E-state index contributed by atoms with van der Waals surface area (Å²) in [5, 5.41) is 4.75. The standard InChI is InChI=1S/C27H29N5O3/c1-19-25(20-7-5-4-6-8-20)26-28-17-23(24(18-34-2)32(26)29-19)27(33)31-15-13-30(14-16-31)21-9-11-22(35-3)12-10-21/h4-12,17H,13-16,18H2,1-3H3. The van der Waals surface area contributed by atoms with Gasteiger partial charge in [-0.25, -0.2) is 9.50 Å². The van der Waals surface area contributed by atoms with Gasteiger partial charge in [-0.3, -0.25) is 4.79 Å². The number of anilines is 1. The number of fused-ring (bicyclic) bond motifs is 1. The van der Waals surface area contributed by atoms with Gasteiger partial charge in [-0.15, -0.1) is 0 Å². The number of ether oxygens (including phenoxy) is 2. The second-order valence-electron chi connectivity index (χ2n) is 8.59. The smallest absolute Gasteiger partial charge is 0.257 e. The van der Waals surface area contributed by atoms with Gasteiger partial charge in [0.1, 0.15) is 5.75 Å². The molecular formula is C27H29N5O3. The first kappa shape index (κ1) is 22.9. The molecule has 0 spiro atoms. The maximum absolute atomic E-state index is 13.6. The van der Waals surface area contributed by atoms with E-state index in [0.29, 0.717) is 24.3 Å². The van der Waals surface area contributed by atoms with Crippen LogP contribution in [0.2, 0.25) is 0 Å². The Balaban J connectivity index is 1.41. The lowest BCUT2D eigenvalue weighted by Crippen LogP contribution is -2.49. The van der Waals surface area contributed by atoms with E-state index in [4.69, 9.17) is 19.6 Å². The molecule has 0 atom stereocenters. The van der Waals surface area contributed by atoms with Crippen LogP contribution < -0.4 is 9.64 Å². The Labute approximate surface area is 204 Å². The van der Waals surface area contributed by atoms with Gasteiger partial charge in [-0.1, -0.05) is 30.3 Å². The van der Waals surface area contributed by atoms with Crippen molar-refractivity contribution < 1.29 is 14.3 Å². The van der Waals surface area contributed by atoms with Crippen molar-refractivity contribution in [1.29, 1.82) is 0 Å². The molecule has 1 saturated heterocycles. The van der Waals surface area contributed by atoms with Crippen LogP contribution in [0.1, 0.15) is 21.7 Å². The Bertz CT molecular complexity index is 1330. The van der Waals surface area contributed by atoms with Crippen LogP contribution in [-0.4, -0.2) is 65.8 Å². The lowest BCUT2D eigenvalue weighted by molar-refractivity contribution is 0.0739. The van der Waals surface area contributed by atoms with Gasteiger partial charge in [-0.2, -0.15) is 5.10 Å². The van der Waals surface area contributed by atoms with Crippen molar-refractivity contribution in [1.82, 2.24) is 19.5 Å². The number of aromatic nitrogens is 3. The van der Waals surface area contributed by atoms with E-state index in [1.807, 2.05) is 54.3 Å². The SMILES string of the molecule is COCc1c(C(=O)N2CCN(c3ccc(OC)cc3)CC2)cnc2c(-c3ccccc3)c(C)nn12. The fourth-order valence-corrected chi connectivity index (χ4v) is 4.66. The van der Waals surface area contributed by atoms with E-state index < -0.39 is 0 Å². The Kier molecular flexibility index (Phi) is 6.37. The number of rotatable bonds is 6. The highest BCUT2D eigenvalue weighted by Crippen LogP contribution is 2.29. The summed E-state index contributed by atoms with van der Waals surface area (Å²) in [5.74, 6) is 0.788. The molecule has 1 amide bonds. The molecule has 3 heterocycles. The number of aryl methyl sites for hydroxylation is 1. The average molecular weight is 472 g/mol. The van der Waals surface area contributed by atoms with Crippen molar-refractivity contribution in [2.45, 2.75) is 13.5 Å². The third kappa shape index (κ3) is 4.33. The molecule has 0 saturated carbocycles. The minimum atomic E-state index is -0.0461. The highest BCUT2D eigenvalue weighted by atomic mass is 16.5. The number of piperazine rings is 1. The summed E-state index contributed by atoms with van der Waals surface area (Å²) in [6, 6.07) is 18.1. The predicted molar refractivity (Wildman–Crippen MR) is 135 cm³/mol. The van der Waals surface area contributed by atoms with Crippen LogP contribution in [0.4, 0.5) is 5.69 Å². The topological polar surface area (TPSA) is 72.2 Å². The van der Waals surface area contributed by atoms with Crippen LogP contribution in [0.25, 0.3) is 16.8 Å². The minimum absolute atomic E-state index is 0.0461. The van der Waals surface area contributed by atoms with E-state index >= 15 is 0 Å². The minimum Gasteiger partial charge on any atom is -0.497 e. The van der Waals surface area contributed by atoms with Crippen molar-refractivity contribution in [3.63, 3.8) is 0 Å². The summed E-state index contributed by atoms with van der Waals surface area (Å²) in [6.45, 7) is 5.00. The van der Waals surface area contributed by atoms with Gasteiger partial charge in [0.2, 0.25) is 0 Å². The van der Waals surface area contributed by atoms with E-state index in [9.17, 15) is 4.79 Å². The molecule has 4 aromatic rings. The van der Waals surface area contributed by atoms with E-state index in [0.717, 1.165) is 47.0 Å². The predicted octanol–water partition coefficient (Wildman–Crippen LogP) is 3.82. The van der Waals surface area contributed by atoms with Gasteiger partial charge in [-0.05, 0) is 36.8 Å². The Morgan fingerprint density at radius 2 is 1.69 bits per heavy atom. The highest BCUT2D eigenvalue weighted by Gasteiger charge is 2.27. The van der Waals surface area contributed by atoms with E-state index in [1.165, 1.54) is 0 Å². The summed E-state index contributed by atoms with van der Waals surface area (Å²) in [7, 11) is 3.29. The summed E-state index contributed by atoms with van der Waals surface area (Å²) in [5.41, 5.74) is 5.96. The Morgan fingerprint density at radius 1 is 0.971 bits per heavy atom. The van der Waals surface area contributed by atoms with Crippen molar-refractivity contribution in [3.8, 4) is 16.9 Å². The summed E-state index contributed by atoms with van der Waals surface area (Å²) >= 11 is 0. The molecule has 2 aromatic heterocycles. The van der Waals surface area contributed by atoms with Crippen LogP contribution in [0.15, 0.2) is 60.8 Å².